The average molecular weight is 297 g/mol. The lowest BCUT2D eigenvalue weighted by atomic mass is 10.0. The molecule has 0 N–H and O–H groups in total. The number of hydrogen-bond acceptors (Lipinski definition) is 2. The number of halogens is 2. The molecule has 0 amide bonds. The molecule has 1 atom stereocenters. The second-order valence-corrected chi connectivity index (χ2v) is 4.89. The molecule has 2 aromatic carbocycles. The van der Waals surface area contributed by atoms with Crippen molar-refractivity contribution in [2.75, 3.05) is 14.2 Å². The number of ether oxygens (including phenoxy) is 2. The Morgan fingerprint density at radius 3 is 2.21 bits per heavy atom. The number of rotatable bonds is 4. The molecule has 0 aromatic heterocycles. The van der Waals surface area contributed by atoms with Crippen molar-refractivity contribution >= 4 is 23.2 Å². The minimum atomic E-state index is -0.293. The summed E-state index contributed by atoms with van der Waals surface area (Å²) in [6.45, 7) is 0. The lowest BCUT2D eigenvalue weighted by Gasteiger charge is -2.15. The van der Waals surface area contributed by atoms with Crippen molar-refractivity contribution in [2.24, 2.45) is 0 Å². The van der Waals surface area contributed by atoms with E-state index in [0.29, 0.717) is 10.8 Å². The number of hydrogen-bond donors (Lipinski definition) is 0. The van der Waals surface area contributed by atoms with Crippen LogP contribution in [0.2, 0.25) is 5.02 Å². The highest BCUT2D eigenvalue weighted by Gasteiger charge is 2.16. The molecule has 0 aliphatic carbocycles. The molecule has 0 spiro atoms. The zero-order valence-corrected chi connectivity index (χ0v) is 12.2. The zero-order chi connectivity index (χ0) is 13.8. The Kier molecular flexibility index (Phi) is 4.56. The van der Waals surface area contributed by atoms with Gasteiger partial charge in [0.05, 0.1) is 19.6 Å². The molecule has 19 heavy (non-hydrogen) atoms. The van der Waals surface area contributed by atoms with Crippen molar-refractivity contribution < 1.29 is 9.47 Å². The summed E-state index contributed by atoms with van der Waals surface area (Å²) < 4.78 is 10.5. The predicted molar refractivity (Wildman–Crippen MR) is 78.7 cm³/mol. The maximum Gasteiger partial charge on any atom is 0.125 e. The summed E-state index contributed by atoms with van der Waals surface area (Å²) in [5.74, 6) is 1.49. The summed E-state index contributed by atoms with van der Waals surface area (Å²) in [6, 6.07) is 13.1. The fourth-order valence-electron chi connectivity index (χ4n) is 1.85. The molecule has 2 aromatic rings. The normalized spacial score (nSPS) is 12.0. The SMILES string of the molecule is COc1ccc(C(Cl)c2ccc(Cl)cc2OC)cc1. The van der Waals surface area contributed by atoms with Crippen molar-refractivity contribution in [1.82, 2.24) is 0 Å². The van der Waals surface area contributed by atoms with E-state index in [0.717, 1.165) is 16.9 Å². The van der Waals surface area contributed by atoms with E-state index >= 15 is 0 Å². The fraction of sp³-hybridized carbons (Fsp3) is 0.200. The molecule has 0 saturated heterocycles. The first-order valence-electron chi connectivity index (χ1n) is 5.77. The lowest BCUT2D eigenvalue weighted by Crippen LogP contribution is -1.97. The Labute approximate surface area is 122 Å². The zero-order valence-electron chi connectivity index (χ0n) is 10.7. The van der Waals surface area contributed by atoms with Crippen LogP contribution in [0.5, 0.6) is 11.5 Å². The Bertz CT molecular complexity index is 553. The predicted octanol–water partition coefficient (Wildman–Crippen LogP) is 4.69. The molecule has 0 saturated carbocycles. The van der Waals surface area contributed by atoms with Crippen molar-refractivity contribution in [3.8, 4) is 11.5 Å². The van der Waals surface area contributed by atoms with Gasteiger partial charge in [0.15, 0.2) is 0 Å². The van der Waals surface area contributed by atoms with E-state index in [9.17, 15) is 0 Å². The van der Waals surface area contributed by atoms with E-state index in [1.54, 1.807) is 26.4 Å². The lowest BCUT2D eigenvalue weighted by molar-refractivity contribution is 0.410. The van der Waals surface area contributed by atoms with Crippen molar-refractivity contribution in [3.05, 3.63) is 58.6 Å². The highest BCUT2D eigenvalue weighted by atomic mass is 35.5. The molecule has 0 radical (unpaired) electrons. The quantitative estimate of drug-likeness (QED) is 0.762. The van der Waals surface area contributed by atoms with Crippen LogP contribution in [-0.2, 0) is 0 Å². The Balaban J connectivity index is 2.34. The molecule has 0 heterocycles. The summed E-state index contributed by atoms with van der Waals surface area (Å²) in [4.78, 5) is 0. The van der Waals surface area contributed by atoms with E-state index in [2.05, 4.69) is 0 Å². The first kappa shape index (κ1) is 14.0. The van der Waals surface area contributed by atoms with Gasteiger partial charge in [-0.05, 0) is 29.8 Å². The van der Waals surface area contributed by atoms with Gasteiger partial charge in [0, 0.05) is 10.6 Å². The number of methoxy groups -OCH3 is 2. The summed E-state index contributed by atoms with van der Waals surface area (Å²) in [5, 5.41) is 0.331. The van der Waals surface area contributed by atoms with Crippen LogP contribution in [0.4, 0.5) is 0 Å². The van der Waals surface area contributed by atoms with Gasteiger partial charge in [-0.15, -0.1) is 11.6 Å². The van der Waals surface area contributed by atoms with Crippen molar-refractivity contribution in [1.29, 1.82) is 0 Å². The maximum atomic E-state index is 6.50. The van der Waals surface area contributed by atoms with E-state index in [1.165, 1.54) is 0 Å². The first-order valence-corrected chi connectivity index (χ1v) is 6.58. The van der Waals surface area contributed by atoms with Gasteiger partial charge in [0.2, 0.25) is 0 Å². The molecule has 1 unspecified atom stereocenters. The first-order chi connectivity index (χ1) is 9.15. The van der Waals surface area contributed by atoms with Crippen LogP contribution in [0.3, 0.4) is 0 Å². The third-order valence-corrected chi connectivity index (χ3v) is 3.60. The maximum absolute atomic E-state index is 6.50. The van der Waals surface area contributed by atoms with Gasteiger partial charge in [0.25, 0.3) is 0 Å². The third-order valence-electron chi connectivity index (χ3n) is 2.88. The van der Waals surface area contributed by atoms with Gasteiger partial charge in [-0.25, -0.2) is 0 Å². The van der Waals surface area contributed by atoms with E-state index in [1.807, 2.05) is 30.3 Å². The van der Waals surface area contributed by atoms with Crippen LogP contribution in [0, 0.1) is 0 Å². The van der Waals surface area contributed by atoms with Gasteiger partial charge in [-0.3, -0.25) is 0 Å². The molecule has 0 aliphatic heterocycles. The van der Waals surface area contributed by atoms with Crippen LogP contribution in [0.15, 0.2) is 42.5 Å². The van der Waals surface area contributed by atoms with Crippen LogP contribution >= 0.6 is 23.2 Å². The Morgan fingerprint density at radius 2 is 1.63 bits per heavy atom. The molecule has 100 valence electrons. The molecule has 0 bridgehead atoms. The topological polar surface area (TPSA) is 18.5 Å². The third kappa shape index (κ3) is 3.14. The molecule has 0 aliphatic rings. The highest BCUT2D eigenvalue weighted by molar-refractivity contribution is 6.30. The van der Waals surface area contributed by atoms with Gasteiger partial charge < -0.3 is 9.47 Å². The average Bonchev–Trinajstić information content (AvgIpc) is 2.46. The summed E-state index contributed by atoms with van der Waals surface area (Å²) in [7, 11) is 3.24. The van der Waals surface area contributed by atoms with Gasteiger partial charge in [-0.2, -0.15) is 0 Å². The second-order valence-electron chi connectivity index (χ2n) is 4.02. The van der Waals surface area contributed by atoms with Crippen molar-refractivity contribution in [2.45, 2.75) is 5.38 Å². The van der Waals surface area contributed by atoms with Crippen molar-refractivity contribution in [3.63, 3.8) is 0 Å². The molecule has 2 rings (SSSR count). The van der Waals surface area contributed by atoms with Crippen LogP contribution < -0.4 is 9.47 Å². The summed E-state index contributed by atoms with van der Waals surface area (Å²) in [5.41, 5.74) is 1.86. The summed E-state index contributed by atoms with van der Waals surface area (Å²) in [6.07, 6.45) is 0. The van der Waals surface area contributed by atoms with E-state index in [4.69, 9.17) is 32.7 Å². The standard InChI is InChI=1S/C15H14Cl2O2/c1-18-12-6-3-10(4-7-12)15(17)13-8-5-11(16)9-14(13)19-2/h3-9,15H,1-2H3. The molecular formula is C15H14Cl2O2. The fourth-order valence-corrected chi connectivity index (χ4v) is 2.33. The van der Waals surface area contributed by atoms with E-state index < -0.39 is 0 Å². The molecular weight excluding hydrogens is 283 g/mol. The van der Waals surface area contributed by atoms with Gasteiger partial charge in [-0.1, -0.05) is 29.8 Å². The monoisotopic (exact) mass is 296 g/mol. The number of alkyl halides is 1. The minimum absolute atomic E-state index is 0.293. The second kappa shape index (κ2) is 6.18. The number of benzene rings is 2. The smallest absolute Gasteiger partial charge is 0.125 e. The summed E-state index contributed by atoms with van der Waals surface area (Å²) >= 11 is 12.4. The highest BCUT2D eigenvalue weighted by Crippen LogP contribution is 2.36. The van der Waals surface area contributed by atoms with Gasteiger partial charge in [0.1, 0.15) is 11.5 Å². The van der Waals surface area contributed by atoms with Gasteiger partial charge >= 0.3 is 0 Å². The largest absolute Gasteiger partial charge is 0.497 e. The van der Waals surface area contributed by atoms with Crippen LogP contribution in [0.25, 0.3) is 0 Å². The molecule has 0 fully saturated rings. The van der Waals surface area contributed by atoms with Crippen LogP contribution in [-0.4, -0.2) is 14.2 Å². The Morgan fingerprint density at radius 1 is 0.947 bits per heavy atom. The van der Waals surface area contributed by atoms with E-state index in [-0.39, 0.29) is 5.38 Å². The molecule has 2 nitrogen and oxygen atoms in total. The van der Waals surface area contributed by atoms with Crippen LogP contribution in [0.1, 0.15) is 16.5 Å². The Hall–Kier alpha value is -1.38. The minimum Gasteiger partial charge on any atom is -0.497 e. The molecule has 4 heteroatoms.